The van der Waals surface area contributed by atoms with Gasteiger partial charge in [-0.15, -0.1) is 0 Å². The summed E-state index contributed by atoms with van der Waals surface area (Å²) < 4.78 is 0. The van der Waals surface area contributed by atoms with E-state index in [0.717, 1.165) is 0 Å². The van der Waals surface area contributed by atoms with Crippen LogP contribution in [0.5, 0.6) is 0 Å². The van der Waals surface area contributed by atoms with Crippen LogP contribution in [0.4, 0.5) is 0 Å². The van der Waals surface area contributed by atoms with Crippen molar-refractivity contribution >= 4 is 11.4 Å². The number of pyridine rings is 1. The van der Waals surface area contributed by atoms with Gasteiger partial charge < -0.3 is 10.4 Å². The SMILES string of the molecule is CC(=NO)C(C)=NO.[Co+2].c1ccncc1. The van der Waals surface area contributed by atoms with Crippen molar-refractivity contribution in [1.82, 2.24) is 4.98 Å². The minimum absolute atomic E-state index is 0. The van der Waals surface area contributed by atoms with Gasteiger partial charge in [-0.05, 0) is 26.0 Å². The summed E-state index contributed by atoms with van der Waals surface area (Å²) in [6.45, 7) is 3.07. The van der Waals surface area contributed by atoms with Crippen LogP contribution in [0.25, 0.3) is 0 Å². The molecule has 2 N–H and O–H groups in total. The molecule has 0 aliphatic heterocycles. The average molecular weight is 254 g/mol. The first-order valence-corrected chi connectivity index (χ1v) is 3.95. The number of rotatable bonds is 1. The zero-order valence-corrected chi connectivity index (χ0v) is 9.50. The van der Waals surface area contributed by atoms with E-state index in [0.29, 0.717) is 11.4 Å². The molecular weight excluding hydrogens is 241 g/mol. The van der Waals surface area contributed by atoms with Crippen LogP contribution in [0.2, 0.25) is 0 Å². The van der Waals surface area contributed by atoms with Gasteiger partial charge in [0.25, 0.3) is 0 Å². The molecule has 1 aromatic rings. The fraction of sp³-hybridized carbons (Fsp3) is 0.222. The quantitative estimate of drug-likeness (QED) is 0.455. The summed E-state index contributed by atoms with van der Waals surface area (Å²) in [4.78, 5) is 3.78. The molecular formula is C9H13CoN3O2+2. The molecule has 1 rings (SSSR count). The van der Waals surface area contributed by atoms with Gasteiger partial charge >= 0.3 is 16.8 Å². The summed E-state index contributed by atoms with van der Waals surface area (Å²) in [6.07, 6.45) is 3.50. The van der Waals surface area contributed by atoms with Crippen molar-refractivity contribution in [2.75, 3.05) is 0 Å². The normalized spacial score (nSPS) is 10.8. The van der Waals surface area contributed by atoms with Gasteiger partial charge in [0, 0.05) is 12.4 Å². The molecule has 1 heterocycles. The molecule has 5 nitrogen and oxygen atoms in total. The fourth-order valence-corrected chi connectivity index (χ4v) is 0.457. The molecule has 15 heavy (non-hydrogen) atoms. The summed E-state index contributed by atoms with van der Waals surface area (Å²) in [7, 11) is 0. The monoisotopic (exact) mass is 254 g/mol. The van der Waals surface area contributed by atoms with Crippen molar-refractivity contribution in [3.05, 3.63) is 30.6 Å². The van der Waals surface area contributed by atoms with Crippen molar-refractivity contribution in [2.24, 2.45) is 10.3 Å². The Morgan fingerprint density at radius 2 is 1.33 bits per heavy atom. The second-order valence-electron chi connectivity index (χ2n) is 2.40. The van der Waals surface area contributed by atoms with E-state index in [1.165, 1.54) is 13.8 Å². The molecule has 1 aromatic heterocycles. The molecule has 83 valence electrons. The maximum Gasteiger partial charge on any atom is 2.00 e. The molecule has 0 aliphatic carbocycles. The molecule has 0 fully saturated rings. The summed E-state index contributed by atoms with van der Waals surface area (Å²) >= 11 is 0. The third-order valence-electron chi connectivity index (χ3n) is 1.39. The molecule has 0 amide bonds. The van der Waals surface area contributed by atoms with Gasteiger partial charge in [0.15, 0.2) is 0 Å². The maximum absolute atomic E-state index is 8.03. The largest absolute Gasteiger partial charge is 2.00 e. The third kappa shape index (κ3) is 8.91. The summed E-state index contributed by atoms with van der Waals surface area (Å²) in [6, 6.07) is 5.72. The van der Waals surface area contributed by atoms with Crippen LogP contribution in [0.1, 0.15) is 13.8 Å². The zero-order valence-electron chi connectivity index (χ0n) is 8.46. The van der Waals surface area contributed by atoms with E-state index in [-0.39, 0.29) is 16.8 Å². The summed E-state index contributed by atoms with van der Waals surface area (Å²) in [5.74, 6) is 0. The first-order valence-electron chi connectivity index (χ1n) is 3.95. The van der Waals surface area contributed by atoms with Crippen LogP contribution in [0.3, 0.4) is 0 Å². The van der Waals surface area contributed by atoms with Crippen LogP contribution in [-0.2, 0) is 16.8 Å². The molecule has 0 spiro atoms. The van der Waals surface area contributed by atoms with Gasteiger partial charge in [-0.2, -0.15) is 0 Å². The molecule has 0 saturated carbocycles. The van der Waals surface area contributed by atoms with E-state index < -0.39 is 0 Å². The van der Waals surface area contributed by atoms with Crippen LogP contribution < -0.4 is 0 Å². The molecule has 0 bridgehead atoms. The minimum Gasteiger partial charge on any atom is -0.411 e. The van der Waals surface area contributed by atoms with Gasteiger partial charge in [0.05, 0.1) is 0 Å². The second kappa shape index (κ2) is 10.7. The Bertz CT molecular complexity index is 259. The van der Waals surface area contributed by atoms with E-state index in [1.54, 1.807) is 12.4 Å². The van der Waals surface area contributed by atoms with Crippen LogP contribution in [-0.4, -0.2) is 26.8 Å². The molecule has 0 atom stereocenters. The summed E-state index contributed by atoms with van der Waals surface area (Å²) in [5.41, 5.74) is 0.625. The second-order valence-corrected chi connectivity index (χ2v) is 2.40. The topological polar surface area (TPSA) is 78.1 Å². The average Bonchev–Trinajstić information content (AvgIpc) is 2.30. The Balaban J connectivity index is 0. The molecule has 0 aromatic carbocycles. The summed E-state index contributed by atoms with van der Waals surface area (Å²) in [5, 5.41) is 21.6. The van der Waals surface area contributed by atoms with E-state index >= 15 is 0 Å². The van der Waals surface area contributed by atoms with Gasteiger partial charge in [0.1, 0.15) is 11.4 Å². The van der Waals surface area contributed by atoms with Gasteiger partial charge in [-0.3, -0.25) is 4.98 Å². The molecule has 0 aliphatic rings. The van der Waals surface area contributed by atoms with E-state index in [4.69, 9.17) is 10.4 Å². The maximum atomic E-state index is 8.03. The van der Waals surface area contributed by atoms with Crippen molar-refractivity contribution in [3.63, 3.8) is 0 Å². The number of aromatic nitrogens is 1. The predicted octanol–water partition coefficient (Wildman–Crippen LogP) is 1.77. The number of hydrogen-bond acceptors (Lipinski definition) is 5. The standard InChI is InChI=1S/C5H5N.C4H8N2O2.Co/c1-2-4-6-5-3-1;1-3(5-7)4(2)6-8;/h1-5H;7-8H,1-2H3;/q;;+2. The Kier molecular flexibility index (Phi) is 11.4. The number of nitrogens with zero attached hydrogens (tertiary/aromatic N) is 3. The van der Waals surface area contributed by atoms with Crippen molar-refractivity contribution < 1.29 is 27.2 Å². The first-order chi connectivity index (χ1) is 6.72. The molecule has 0 saturated heterocycles. The van der Waals surface area contributed by atoms with E-state index in [2.05, 4.69) is 15.3 Å². The Morgan fingerprint density at radius 1 is 0.933 bits per heavy atom. The third-order valence-corrected chi connectivity index (χ3v) is 1.39. The van der Waals surface area contributed by atoms with Crippen molar-refractivity contribution in [3.8, 4) is 0 Å². The fourth-order valence-electron chi connectivity index (χ4n) is 0.457. The Morgan fingerprint density at radius 3 is 1.47 bits per heavy atom. The Labute approximate surface area is 98.7 Å². The van der Waals surface area contributed by atoms with Crippen molar-refractivity contribution in [1.29, 1.82) is 0 Å². The Hall–Kier alpha value is -1.40. The number of oxime groups is 2. The first kappa shape index (κ1) is 16.0. The molecule has 0 unspecified atom stereocenters. The van der Waals surface area contributed by atoms with E-state index in [9.17, 15) is 0 Å². The van der Waals surface area contributed by atoms with Gasteiger partial charge in [-0.1, -0.05) is 16.4 Å². The van der Waals surface area contributed by atoms with Crippen LogP contribution in [0, 0.1) is 0 Å². The van der Waals surface area contributed by atoms with Gasteiger partial charge in [-0.25, -0.2) is 0 Å². The van der Waals surface area contributed by atoms with Crippen LogP contribution in [0.15, 0.2) is 40.9 Å². The smallest absolute Gasteiger partial charge is 0.411 e. The number of hydrogen-bond donors (Lipinski definition) is 2. The predicted molar refractivity (Wildman–Crippen MR) is 54.0 cm³/mol. The zero-order chi connectivity index (χ0) is 10.8. The van der Waals surface area contributed by atoms with Crippen molar-refractivity contribution in [2.45, 2.75) is 13.8 Å². The van der Waals surface area contributed by atoms with E-state index in [1.807, 2.05) is 18.2 Å². The van der Waals surface area contributed by atoms with Gasteiger partial charge in [0.2, 0.25) is 0 Å². The molecule has 1 radical (unpaired) electrons. The molecule has 6 heteroatoms. The minimum atomic E-state index is 0. The van der Waals surface area contributed by atoms with Crippen LogP contribution >= 0.6 is 0 Å².